The molecule has 1 heterocycles. The second-order valence-electron chi connectivity index (χ2n) is 3.52. The summed E-state index contributed by atoms with van der Waals surface area (Å²) in [6, 6.07) is 12.9. The first-order chi connectivity index (χ1) is 8.27. The number of hydrogen-bond acceptors (Lipinski definition) is 3. The van der Waals surface area contributed by atoms with E-state index in [9.17, 15) is 0 Å². The highest BCUT2D eigenvalue weighted by Crippen LogP contribution is 2.18. The Kier molecular flexibility index (Phi) is 5.14. The predicted octanol–water partition coefficient (Wildman–Crippen LogP) is 2.37. The van der Waals surface area contributed by atoms with E-state index in [1.165, 1.54) is 0 Å². The van der Waals surface area contributed by atoms with Crippen molar-refractivity contribution in [2.45, 2.75) is 6.61 Å². The second-order valence-corrected chi connectivity index (χ2v) is 3.52. The maximum absolute atomic E-state index is 7.44. The van der Waals surface area contributed by atoms with Gasteiger partial charge in [0.25, 0.3) is 0 Å². The van der Waals surface area contributed by atoms with Crippen molar-refractivity contribution >= 4 is 18.2 Å². The fourth-order valence-electron chi connectivity index (χ4n) is 1.45. The number of amidine groups is 1. The molecular formula is C13H14ClN3O. The van der Waals surface area contributed by atoms with Gasteiger partial charge in [-0.1, -0.05) is 18.2 Å². The third-order valence-corrected chi connectivity index (χ3v) is 2.28. The molecule has 0 fully saturated rings. The van der Waals surface area contributed by atoms with Crippen LogP contribution in [0, 0.1) is 5.41 Å². The largest absolute Gasteiger partial charge is 0.487 e. The van der Waals surface area contributed by atoms with Crippen molar-refractivity contribution in [1.82, 2.24) is 4.98 Å². The molecule has 0 aliphatic carbocycles. The summed E-state index contributed by atoms with van der Waals surface area (Å²) in [5.41, 5.74) is 6.91. The third kappa shape index (κ3) is 3.46. The average molecular weight is 264 g/mol. The highest BCUT2D eigenvalue weighted by Gasteiger charge is 2.05. The van der Waals surface area contributed by atoms with Crippen molar-refractivity contribution in [3.05, 3.63) is 59.9 Å². The van der Waals surface area contributed by atoms with E-state index in [0.29, 0.717) is 17.9 Å². The van der Waals surface area contributed by atoms with Crippen LogP contribution in [0.15, 0.2) is 48.7 Å². The number of nitrogen functional groups attached to an aromatic ring is 1. The van der Waals surface area contributed by atoms with Gasteiger partial charge in [-0.3, -0.25) is 10.4 Å². The molecule has 2 aromatic rings. The van der Waals surface area contributed by atoms with E-state index in [0.717, 1.165) is 5.69 Å². The van der Waals surface area contributed by atoms with Crippen molar-refractivity contribution in [2.75, 3.05) is 0 Å². The number of rotatable bonds is 4. The van der Waals surface area contributed by atoms with Crippen LogP contribution in [0.5, 0.6) is 5.75 Å². The lowest BCUT2D eigenvalue weighted by Crippen LogP contribution is -2.13. The van der Waals surface area contributed by atoms with Gasteiger partial charge < -0.3 is 10.5 Å². The van der Waals surface area contributed by atoms with Crippen LogP contribution in [0.2, 0.25) is 0 Å². The smallest absolute Gasteiger partial charge is 0.130 e. The summed E-state index contributed by atoms with van der Waals surface area (Å²) in [5, 5.41) is 7.44. The van der Waals surface area contributed by atoms with Crippen LogP contribution < -0.4 is 10.5 Å². The van der Waals surface area contributed by atoms with Crippen molar-refractivity contribution in [3.63, 3.8) is 0 Å². The number of benzene rings is 1. The van der Waals surface area contributed by atoms with Gasteiger partial charge in [0, 0.05) is 6.20 Å². The van der Waals surface area contributed by atoms with Gasteiger partial charge in [0.15, 0.2) is 0 Å². The fourth-order valence-corrected chi connectivity index (χ4v) is 1.45. The molecule has 0 unspecified atom stereocenters. The minimum Gasteiger partial charge on any atom is -0.487 e. The molecule has 0 saturated carbocycles. The number of hydrogen-bond donors (Lipinski definition) is 2. The molecule has 0 spiro atoms. The number of nitrogens with two attached hydrogens (primary N) is 1. The van der Waals surface area contributed by atoms with Gasteiger partial charge in [0.2, 0.25) is 0 Å². The molecule has 0 aliphatic heterocycles. The zero-order valence-corrected chi connectivity index (χ0v) is 10.5. The van der Waals surface area contributed by atoms with E-state index in [4.69, 9.17) is 15.9 Å². The zero-order valence-electron chi connectivity index (χ0n) is 9.67. The first-order valence-corrected chi connectivity index (χ1v) is 5.23. The average Bonchev–Trinajstić information content (AvgIpc) is 2.38. The Hall–Kier alpha value is -2.07. The maximum Gasteiger partial charge on any atom is 0.130 e. The molecular weight excluding hydrogens is 250 g/mol. The Bertz CT molecular complexity index is 517. The fraction of sp³-hybridized carbons (Fsp3) is 0.0769. The topological polar surface area (TPSA) is 72.0 Å². The van der Waals surface area contributed by atoms with Crippen LogP contribution >= 0.6 is 12.4 Å². The van der Waals surface area contributed by atoms with Crippen LogP contribution in [0.3, 0.4) is 0 Å². The third-order valence-electron chi connectivity index (χ3n) is 2.28. The summed E-state index contributed by atoms with van der Waals surface area (Å²) in [5.74, 6) is 0.604. The predicted molar refractivity (Wildman–Crippen MR) is 73.3 cm³/mol. The molecule has 1 aromatic heterocycles. The zero-order chi connectivity index (χ0) is 12.1. The van der Waals surface area contributed by atoms with Crippen molar-refractivity contribution in [2.24, 2.45) is 5.73 Å². The standard InChI is InChI=1S/C13H13N3O.ClH/c14-13(15)11-6-1-2-7-12(11)17-9-10-5-3-4-8-16-10;/h1-8H,9H2,(H3,14,15);1H. The molecule has 0 bridgehead atoms. The molecule has 94 valence electrons. The molecule has 0 amide bonds. The minimum absolute atomic E-state index is 0. The molecule has 2 rings (SSSR count). The molecule has 0 atom stereocenters. The van der Waals surface area contributed by atoms with E-state index in [1.807, 2.05) is 30.3 Å². The number of aromatic nitrogens is 1. The summed E-state index contributed by atoms with van der Waals surface area (Å²) in [6.45, 7) is 0.366. The minimum atomic E-state index is 0. The quantitative estimate of drug-likeness (QED) is 0.657. The molecule has 3 N–H and O–H groups in total. The number of nitrogens with one attached hydrogen (secondary N) is 1. The van der Waals surface area contributed by atoms with Gasteiger partial charge in [-0.25, -0.2) is 0 Å². The number of ether oxygens (including phenoxy) is 1. The van der Waals surface area contributed by atoms with Crippen LogP contribution in [0.4, 0.5) is 0 Å². The van der Waals surface area contributed by atoms with E-state index in [2.05, 4.69) is 4.98 Å². The van der Waals surface area contributed by atoms with Crippen LogP contribution in [-0.4, -0.2) is 10.8 Å². The van der Waals surface area contributed by atoms with E-state index < -0.39 is 0 Å². The Morgan fingerprint density at radius 2 is 1.89 bits per heavy atom. The monoisotopic (exact) mass is 263 g/mol. The van der Waals surface area contributed by atoms with Crippen LogP contribution in [-0.2, 0) is 6.61 Å². The Morgan fingerprint density at radius 1 is 1.17 bits per heavy atom. The lowest BCUT2D eigenvalue weighted by Gasteiger charge is -2.09. The number of pyridine rings is 1. The molecule has 0 aliphatic rings. The van der Waals surface area contributed by atoms with Gasteiger partial charge >= 0.3 is 0 Å². The first kappa shape index (κ1) is 14.0. The normalized spacial score (nSPS) is 9.33. The Labute approximate surface area is 112 Å². The molecule has 0 saturated heterocycles. The number of halogens is 1. The number of nitrogens with zero attached hydrogens (tertiary/aromatic N) is 1. The first-order valence-electron chi connectivity index (χ1n) is 5.23. The molecule has 4 nitrogen and oxygen atoms in total. The van der Waals surface area contributed by atoms with Crippen molar-refractivity contribution in [3.8, 4) is 5.75 Å². The lowest BCUT2D eigenvalue weighted by molar-refractivity contribution is 0.300. The van der Waals surface area contributed by atoms with Crippen LogP contribution in [0.1, 0.15) is 11.3 Å². The van der Waals surface area contributed by atoms with Gasteiger partial charge in [0.1, 0.15) is 18.2 Å². The van der Waals surface area contributed by atoms with Crippen LogP contribution in [0.25, 0.3) is 0 Å². The van der Waals surface area contributed by atoms with Gasteiger partial charge in [-0.05, 0) is 24.3 Å². The Balaban J connectivity index is 0.00000162. The van der Waals surface area contributed by atoms with Gasteiger partial charge in [-0.15, -0.1) is 12.4 Å². The summed E-state index contributed by atoms with van der Waals surface area (Å²) in [7, 11) is 0. The SMILES string of the molecule is Cl.N=C(N)c1ccccc1OCc1ccccn1. The second kappa shape index (κ2) is 6.61. The summed E-state index contributed by atoms with van der Waals surface area (Å²) < 4.78 is 5.60. The summed E-state index contributed by atoms with van der Waals surface area (Å²) in [4.78, 5) is 4.16. The van der Waals surface area contributed by atoms with E-state index in [-0.39, 0.29) is 18.2 Å². The number of para-hydroxylation sites is 1. The molecule has 1 aromatic carbocycles. The maximum atomic E-state index is 7.44. The van der Waals surface area contributed by atoms with Crippen molar-refractivity contribution < 1.29 is 4.74 Å². The molecule has 5 heteroatoms. The highest BCUT2D eigenvalue weighted by atomic mass is 35.5. The summed E-state index contributed by atoms with van der Waals surface area (Å²) >= 11 is 0. The van der Waals surface area contributed by atoms with Crippen molar-refractivity contribution in [1.29, 1.82) is 5.41 Å². The lowest BCUT2D eigenvalue weighted by atomic mass is 10.2. The highest BCUT2D eigenvalue weighted by molar-refractivity contribution is 5.97. The van der Waals surface area contributed by atoms with E-state index >= 15 is 0 Å². The van der Waals surface area contributed by atoms with Gasteiger partial charge in [-0.2, -0.15) is 0 Å². The molecule has 18 heavy (non-hydrogen) atoms. The van der Waals surface area contributed by atoms with Gasteiger partial charge in [0.05, 0.1) is 11.3 Å². The van der Waals surface area contributed by atoms with E-state index in [1.54, 1.807) is 18.3 Å². The Morgan fingerprint density at radius 3 is 2.56 bits per heavy atom. The summed E-state index contributed by atoms with van der Waals surface area (Å²) in [6.07, 6.45) is 1.72. The molecule has 0 radical (unpaired) electrons.